The Hall–Kier alpha value is -1.26. The monoisotopic (exact) mass is 353 g/mol. The molecule has 0 heterocycles. The smallest absolute Gasteiger partial charge is 0.137 e. The van der Waals surface area contributed by atoms with E-state index in [4.69, 9.17) is 0 Å². The third-order valence-electron chi connectivity index (χ3n) is 3.53. The Morgan fingerprint density at radius 2 is 1.90 bits per heavy atom. The highest BCUT2D eigenvalue weighted by Gasteiger charge is 2.14. The third kappa shape index (κ3) is 4.11. The van der Waals surface area contributed by atoms with Crippen LogP contribution in [-0.4, -0.2) is 6.54 Å². The Balaban J connectivity index is 2.28. The summed E-state index contributed by atoms with van der Waals surface area (Å²) in [6, 6.07) is 9.93. The molecule has 2 rings (SSSR count). The highest BCUT2D eigenvalue weighted by atomic mass is 79.9. The van der Waals surface area contributed by atoms with Gasteiger partial charge in [0.1, 0.15) is 11.6 Å². The van der Waals surface area contributed by atoms with Gasteiger partial charge in [0.05, 0.1) is 4.47 Å². The van der Waals surface area contributed by atoms with Crippen molar-refractivity contribution in [1.29, 1.82) is 0 Å². The summed E-state index contributed by atoms with van der Waals surface area (Å²) in [6.07, 6.45) is 0.734. The lowest BCUT2D eigenvalue weighted by molar-refractivity contribution is 0.544. The molecule has 0 saturated heterocycles. The maximum atomic E-state index is 13.4. The predicted molar refractivity (Wildman–Crippen MR) is 85.4 cm³/mol. The Kier molecular flexibility index (Phi) is 5.48. The van der Waals surface area contributed by atoms with E-state index in [1.807, 2.05) is 19.9 Å². The van der Waals surface area contributed by atoms with Crippen LogP contribution >= 0.6 is 15.9 Å². The molecule has 21 heavy (non-hydrogen) atoms. The molecular weight excluding hydrogens is 336 g/mol. The minimum atomic E-state index is -0.271. The molecule has 1 nitrogen and oxygen atoms in total. The van der Waals surface area contributed by atoms with Crippen LogP contribution in [0.25, 0.3) is 0 Å². The van der Waals surface area contributed by atoms with Crippen LogP contribution in [0.3, 0.4) is 0 Å². The van der Waals surface area contributed by atoms with Gasteiger partial charge in [-0.15, -0.1) is 0 Å². The van der Waals surface area contributed by atoms with E-state index in [2.05, 4.69) is 21.2 Å². The van der Waals surface area contributed by atoms with Crippen molar-refractivity contribution in [3.8, 4) is 0 Å². The number of benzene rings is 2. The highest BCUT2D eigenvalue weighted by Crippen LogP contribution is 2.25. The fourth-order valence-electron chi connectivity index (χ4n) is 2.39. The van der Waals surface area contributed by atoms with Crippen LogP contribution in [0.1, 0.15) is 29.7 Å². The lowest BCUT2D eigenvalue weighted by Gasteiger charge is -2.20. The van der Waals surface area contributed by atoms with E-state index < -0.39 is 0 Å². The van der Waals surface area contributed by atoms with E-state index in [9.17, 15) is 8.78 Å². The number of rotatable bonds is 5. The van der Waals surface area contributed by atoms with Gasteiger partial charge in [-0.1, -0.05) is 19.1 Å². The Labute approximate surface area is 132 Å². The van der Waals surface area contributed by atoms with E-state index in [0.717, 1.165) is 29.7 Å². The number of hydrogen-bond donors (Lipinski definition) is 1. The van der Waals surface area contributed by atoms with Crippen molar-refractivity contribution in [2.24, 2.45) is 0 Å². The average molecular weight is 354 g/mol. The van der Waals surface area contributed by atoms with Crippen LogP contribution in [-0.2, 0) is 6.42 Å². The van der Waals surface area contributed by atoms with Crippen molar-refractivity contribution in [2.45, 2.75) is 26.3 Å². The molecule has 0 bridgehead atoms. The zero-order valence-electron chi connectivity index (χ0n) is 12.1. The second kappa shape index (κ2) is 7.14. The van der Waals surface area contributed by atoms with Gasteiger partial charge in [-0.3, -0.25) is 0 Å². The first-order chi connectivity index (χ1) is 10.0. The van der Waals surface area contributed by atoms with Gasteiger partial charge < -0.3 is 5.32 Å². The normalized spacial score (nSPS) is 12.4. The number of likely N-dealkylation sites (N-methyl/N-ethyl adjacent to an activating group) is 1. The highest BCUT2D eigenvalue weighted by molar-refractivity contribution is 9.10. The van der Waals surface area contributed by atoms with Gasteiger partial charge in [-0.2, -0.15) is 0 Å². The van der Waals surface area contributed by atoms with Gasteiger partial charge in [-0.25, -0.2) is 8.78 Å². The number of halogens is 3. The second-order valence-electron chi connectivity index (χ2n) is 5.06. The molecule has 0 spiro atoms. The minimum Gasteiger partial charge on any atom is -0.310 e. The molecule has 0 radical (unpaired) electrons. The summed E-state index contributed by atoms with van der Waals surface area (Å²) in [6.45, 7) is 4.74. The molecule has 2 aromatic carbocycles. The van der Waals surface area contributed by atoms with Crippen molar-refractivity contribution in [2.75, 3.05) is 6.54 Å². The predicted octanol–water partition coefficient (Wildman–Crippen LogP) is 4.93. The van der Waals surface area contributed by atoms with E-state index in [1.165, 1.54) is 12.1 Å². The average Bonchev–Trinajstić information content (AvgIpc) is 2.44. The maximum absolute atomic E-state index is 13.4. The largest absolute Gasteiger partial charge is 0.310 e. The van der Waals surface area contributed by atoms with Gasteiger partial charge in [0.2, 0.25) is 0 Å². The number of aryl methyl sites for hydroxylation is 1. The Morgan fingerprint density at radius 1 is 1.14 bits per heavy atom. The molecule has 1 atom stereocenters. The standard InChI is InChI=1S/C17H18BrF2N/c1-3-21-17(13-5-7-16(20)15(18)9-13)10-12-4-6-14(19)8-11(12)2/h4-9,17,21H,3,10H2,1-2H3. The lowest BCUT2D eigenvalue weighted by Crippen LogP contribution is -2.23. The van der Waals surface area contributed by atoms with Crippen LogP contribution in [0.15, 0.2) is 40.9 Å². The van der Waals surface area contributed by atoms with Crippen molar-refractivity contribution in [3.05, 3.63) is 69.2 Å². The van der Waals surface area contributed by atoms with Gasteiger partial charge >= 0.3 is 0 Å². The second-order valence-corrected chi connectivity index (χ2v) is 5.91. The van der Waals surface area contributed by atoms with Crippen molar-refractivity contribution in [1.82, 2.24) is 5.32 Å². The van der Waals surface area contributed by atoms with Gasteiger partial charge in [0, 0.05) is 6.04 Å². The molecule has 1 N–H and O–H groups in total. The quantitative estimate of drug-likeness (QED) is 0.803. The van der Waals surface area contributed by atoms with Crippen LogP contribution < -0.4 is 5.32 Å². The van der Waals surface area contributed by atoms with E-state index in [0.29, 0.717) is 4.47 Å². The minimum absolute atomic E-state index is 0.0658. The fourth-order valence-corrected chi connectivity index (χ4v) is 2.79. The molecule has 0 saturated carbocycles. The molecule has 0 amide bonds. The number of nitrogens with one attached hydrogen (secondary N) is 1. The van der Waals surface area contributed by atoms with Crippen LogP contribution in [0.4, 0.5) is 8.78 Å². The first kappa shape index (κ1) is 16.1. The van der Waals surface area contributed by atoms with Crippen molar-refractivity contribution >= 4 is 15.9 Å². The van der Waals surface area contributed by atoms with Crippen molar-refractivity contribution < 1.29 is 8.78 Å². The van der Waals surface area contributed by atoms with Gasteiger partial charge in [0.25, 0.3) is 0 Å². The molecule has 112 valence electrons. The summed E-state index contributed by atoms with van der Waals surface area (Å²) in [5, 5.41) is 3.40. The summed E-state index contributed by atoms with van der Waals surface area (Å²) in [7, 11) is 0. The Morgan fingerprint density at radius 3 is 2.52 bits per heavy atom. The third-order valence-corrected chi connectivity index (χ3v) is 4.13. The fraction of sp³-hybridized carbons (Fsp3) is 0.294. The molecule has 4 heteroatoms. The van der Waals surface area contributed by atoms with Crippen molar-refractivity contribution in [3.63, 3.8) is 0 Å². The Bertz CT molecular complexity index is 628. The zero-order valence-corrected chi connectivity index (χ0v) is 13.7. The summed E-state index contributed by atoms with van der Waals surface area (Å²) in [5.41, 5.74) is 3.02. The topological polar surface area (TPSA) is 12.0 Å². The molecule has 0 aromatic heterocycles. The summed E-state index contributed by atoms with van der Waals surface area (Å²) in [5.74, 6) is -0.493. The first-order valence-electron chi connectivity index (χ1n) is 6.94. The summed E-state index contributed by atoms with van der Waals surface area (Å²) in [4.78, 5) is 0. The maximum Gasteiger partial charge on any atom is 0.137 e. The van der Waals surface area contributed by atoms with Crippen LogP contribution in [0.5, 0.6) is 0 Å². The molecule has 0 aliphatic carbocycles. The van der Waals surface area contributed by atoms with E-state index in [-0.39, 0.29) is 17.7 Å². The molecule has 2 aromatic rings. The summed E-state index contributed by atoms with van der Waals surface area (Å²) < 4.78 is 27.0. The molecular formula is C17H18BrF2N. The van der Waals surface area contributed by atoms with E-state index >= 15 is 0 Å². The molecule has 0 aliphatic heterocycles. The SMILES string of the molecule is CCNC(Cc1ccc(F)cc1C)c1ccc(F)c(Br)c1. The van der Waals surface area contributed by atoms with Gasteiger partial charge in [-0.05, 0) is 76.8 Å². The zero-order chi connectivity index (χ0) is 15.4. The number of hydrogen-bond acceptors (Lipinski definition) is 1. The molecule has 0 aliphatic rings. The van der Waals surface area contributed by atoms with Gasteiger partial charge in [0.15, 0.2) is 0 Å². The lowest BCUT2D eigenvalue weighted by atomic mass is 9.96. The van der Waals surface area contributed by atoms with Crippen LogP contribution in [0, 0.1) is 18.6 Å². The molecule has 0 fully saturated rings. The first-order valence-corrected chi connectivity index (χ1v) is 7.74. The van der Waals surface area contributed by atoms with E-state index in [1.54, 1.807) is 18.2 Å². The summed E-state index contributed by atoms with van der Waals surface area (Å²) >= 11 is 3.22. The molecule has 1 unspecified atom stereocenters. The van der Waals surface area contributed by atoms with Crippen LogP contribution in [0.2, 0.25) is 0 Å².